The third-order valence-electron chi connectivity index (χ3n) is 6.16. The van der Waals surface area contributed by atoms with E-state index in [-0.39, 0.29) is 11.3 Å². The zero-order valence-electron chi connectivity index (χ0n) is 18.6. The average Bonchev–Trinajstić information content (AvgIpc) is 3.45. The van der Waals surface area contributed by atoms with Crippen molar-refractivity contribution in [1.82, 2.24) is 4.57 Å². The van der Waals surface area contributed by atoms with Gasteiger partial charge in [-0.3, -0.25) is 14.2 Å². The first kappa shape index (κ1) is 22.4. The van der Waals surface area contributed by atoms with Crippen LogP contribution in [0.3, 0.4) is 0 Å². The lowest BCUT2D eigenvalue weighted by atomic mass is 10.1. The predicted molar refractivity (Wildman–Crippen MR) is 132 cm³/mol. The van der Waals surface area contributed by atoms with Gasteiger partial charge in [0.2, 0.25) is 0 Å². The van der Waals surface area contributed by atoms with Gasteiger partial charge in [-0.25, -0.2) is 0 Å². The third kappa shape index (κ3) is 4.56. The van der Waals surface area contributed by atoms with Crippen LogP contribution in [0.2, 0.25) is 0 Å². The summed E-state index contributed by atoms with van der Waals surface area (Å²) in [5.41, 5.74) is 2.12. The molecule has 1 aliphatic heterocycles. The summed E-state index contributed by atoms with van der Waals surface area (Å²) in [7, 11) is 0. The molecule has 0 saturated heterocycles. The van der Waals surface area contributed by atoms with Gasteiger partial charge in [0.05, 0.1) is 5.69 Å². The molecule has 2 aliphatic rings. The van der Waals surface area contributed by atoms with Gasteiger partial charge in [-0.05, 0) is 38.3 Å². The number of fused-ring (bicyclic) bond motifs is 1. The lowest BCUT2D eigenvalue weighted by Crippen LogP contribution is -2.35. The Bertz CT molecular complexity index is 1130. The van der Waals surface area contributed by atoms with Crippen LogP contribution < -0.4 is 19.7 Å². The number of carbonyl (C=O) groups excluding carboxylic acids is 1. The molecule has 1 saturated carbocycles. The molecule has 1 fully saturated rings. The van der Waals surface area contributed by atoms with Crippen molar-refractivity contribution >= 4 is 45.2 Å². The number of ketones is 1. The van der Waals surface area contributed by atoms with Crippen molar-refractivity contribution in [2.24, 2.45) is 0 Å². The summed E-state index contributed by atoms with van der Waals surface area (Å²) >= 11 is 3.23. The summed E-state index contributed by atoms with van der Waals surface area (Å²) < 4.78 is 3.49. The van der Waals surface area contributed by atoms with Gasteiger partial charge in [-0.1, -0.05) is 62.9 Å². The summed E-state index contributed by atoms with van der Waals surface area (Å²) in [5, 5.41) is 1.05. The van der Waals surface area contributed by atoms with Crippen LogP contribution in [0.4, 0.5) is 5.69 Å². The maximum absolute atomic E-state index is 13.4. The van der Waals surface area contributed by atoms with E-state index in [0.29, 0.717) is 13.0 Å². The van der Waals surface area contributed by atoms with Gasteiger partial charge in [0.1, 0.15) is 14.2 Å². The number of anilines is 1. The van der Waals surface area contributed by atoms with Crippen LogP contribution in [0.25, 0.3) is 10.6 Å². The van der Waals surface area contributed by atoms with Crippen molar-refractivity contribution in [2.75, 3.05) is 11.4 Å². The van der Waals surface area contributed by atoms with Gasteiger partial charge in [0.25, 0.3) is 5.56 Å². The third-order valence-corrected chi connectivity index (χ3v) is 8.71. The topological polar surface area (TPSA) is 42.3 Å². The molecule has 0 unspecified atom stereocenters. The van der Waals surface area contributed by atoms with Crippen molar-refractivity contribution in [3.05, 3.63) is 43.8 Å². The van der Waals surface area contributed by atoms with E-state index in [2.05, 4.69) is 36.1 Å². The molecule has 0 N–H and O–H groups in total. The van der Waals surface area contributed by atoms with E-state index in [9.17, 15) is 9.59 Å². The minimum Gasteiger partial charge on any atom is -0.334 e. The standard InChI is InChI=1S/C25H32N2O2S2/c1-3-5-6-7-8-11-17-27-19-14-9-10-16-21(19)30-25(27)22-23(29)26(4-2)24(31-22)18-13-12-15-20(18)28/h9-10,14,16H,3-8,11-13,15,17H2,1-2H3/b24-18-,25-22+. The summed E-state index contributed by atoms with van der Waals surface area (Å²) in [5.74, 6) is 0.214. The first-order chi connectivity index (χ1) is 15.2. The summed E-state index contributed by atoms with van der Waals surface area (Å²) in [6.07, 6.45) is 9.81. The number of nitrogens with zero attached hydrogens (tertiary/aromatic N) is 2. The maximum Gasteiger partial charge on any atom is 0.271 e. The monoisotopic (exact) mass is 456 g/mol. The van der Waals surface area contributed by atoms with E-state index in [4.69, 9.17) is 0 Å². The number of rotatable bonds is 8. The second kappa shape index (κ2) is 10.2. The quantitative estimate of drug-likeness (QED) is 0.532. The van der Waals surface area contributed by atoms with Crippen LogP contribution in [-0.4, -0.2) is 16.9 Å². The number of thiazole rings is 1. The summed E-state index contributed by atoms with van der Waals surface area (Å²) in [4.78, 5) is 29.4. The zero-order valence-corrected chi connectivity index (χ0v) is 20.2. The lowest BCUT2D eigenvalue weighted by Gasteiger charge is -2.19. The van der Waals surface area contributed by atoms with Gasteiger partial charge in [-0.15, -0.1) is 11.3 Å². The van der Waals surface area contributed by atoms with E-state index in [0.717, 1.165) is 45.6 Å². The molecule has 0 atom stereocenters. The zero-order chi connectivity index (χ0) is 21.8. The maximum atomic E-state index is 13.4. The molecule has 0 radical (unpaired) electrons. The van der Waals surface area contributed by atoms with Gasteiger partial charge < -0.3 is 4.90 Å². The number of Topliss-reactive ketones (excluding diaryl/α,β-unsaturated/α-hetero) is 1. The molecule has 4 nitrogen and oxygen atoms in total. The van der Waals surface area contributed by atoms with Gasteiger partial charge in [0, 0.05) is 30.0 Å². The smallest absolute Gasteiger partial charge is 0.271 e. The normalized spacial score (nSPS) is 19.4. The molecule has 6 heteroatoms. The Kier molecular flexibility index (Phi) is 7.39. The van der Waals surface area contributed by atoms with Crippen molar-refractivity contribution in [3.63, 3.8) is 0 Å². The molecule has 0 amide bonds. The van der Waals surface area contributed by atoms with Crippen LogP contribution in [-0.2, 0) is 11.3 Å². The number of para-hydroxylation sites is 1. The predicted octanol–water partition coefficient (Wildman–Crippen LogP) is 4.87. The molecule has 1 aromatic carbocycles. The molecule has 2 heterocycles. The first-order valence-corrected chi connectivity index (χ1v) is 13.3. The Balaban J connectivity index is 1.74. The fourth-order valence-corrected chi connectivity index (χ4v) is 7.09. The fourth-order valence-electron chi connectivity index (χ4n) is 4.48. The van der Waals surface area contributed by atoms with E-state index >= 15 is 0 Å². The van der Waals surface area contributed by atoms with Crippen molar-refractivity contribution in [3.8, 4) is 0 Å². The van der Waals surface area contributed by atoms with Crippen molar-refractivity contribution < 1.29 is 4.79 Å². The highest BCUT2D eigenvalue weighted by Crippen LogP contribution is 2.46. The number of aromatic nitrogens is 1. The number of thioether (sulfide) groups is 1. The van der Waals surface area contributed by atoms with Crippen LogP contribution in [0.15, 0.2) is 34.0 Å². The molecule has 2 aromatic rings. The highest BCUT2D eigenvalue weighted by Gasteiger charge is 2.28. The van der Waals surface area contributed by atoms with Gasteiger partial charge >= 0.3 is 0 Å². The second-order valence-electron chi connectivity index (χ2n) is 8.34. The minimum absolute atomic E-state index is 0.0537. The minimum atomic E-state index is 0.0537. The Morgan fingerprint density at radius 2 is 1.74 bits per heavy atom. The number of hydrogen-bond donors (Lipinski definition) is 0. The van der Waals surface area contributed by atoms with E-state index in [1.165, 1.54) is 54.0 Å². The SMILES string of the molecule is CCCCCCCCN1/C(=c2\s/c(=C3/CCCC3=O)n(CC)c2=O)Sc2ccccc21. The highest BCUT2D eigenvalue weighted by atomic mass is 32.2. The van der Waals surface area contributed by atoms with Crippen LogP contribution >= 0.6 is 23.1 Å². The first-order valence-electron chi connectivity index (χ1n) is 11.7. The van der Waals surface area contributed by atoms with Gasteiger partial charge in [0.15, 0.2) is 5.78 Å². The molecule has 166 valence electrons. The van der Waals surface area contributed by atoms with E-state index < -0.39 is 0 Å². The highest BCUT2D eigenvalue weighted by molar-refractivity contribution is 8.08. The van der Waals surface area contributed by atoms with Crippen LogP contribution in [0, 0.1) is 0 Å². The summed E-state index contributed by atoms with van der Waals surface area (Å²) in [6.45, 7) is 5.77. The van der Waals surface area contributed by atoms with Crippen LogP contribution in [0.1, 0.15) is 71.6 Å². The Morgan fingerprint density at radius 1 is 0.968 bits per heavy atom. The average molecular weight is 457 g/mol. The molecular formula is C25H32N2O2S2. The Hall–Kier alpha value is -1.79. The molecule has 4 rings (SSSR count). The molecule has 0 bridgehead atoms. The molecule has 1 aromatic heterocycles. The number of carbonyl (C=O) groups is 1. The number of unbranched alkanes of at least 4 members (excludes halogenated alkanes) is 5. The van der Waals surface area contributed by atoms with E-state index in [1.807, 2.05) is 11.5 Å². The molecule has 0 spiro atoms. The van der Waals surface area contributed by atoms with Crippen molar-refractivity contribution in [1.29, 1.82) is 0 Å². The van der Waals surface area contributed by atoms with Crippen molar-refractivity contribution in [2.45, 2.75) is 83.1 Å². The summed E-state index contributed by atoms with van der Waals surface area (Å²) in [6, 6.07) is 8.45. The Labute approximate surface area is 192 Å². The van der Waals surface area contributed by atoms with E-state index in [1.54, 1.807) is 11.8 Å². The molecule has 31 heavy (non-hydrogen) atoms. The largest absolute Gasteiger partial charge is 0.334 e. The molecular weight excluding hydrogens is 424 g/mol. The van der Waals surface area contributed by atoms with Crippen LogP contribution in [0.5, 0.6) is 0 Å². The lowest BCUT2D eigenvalue weighted by molar-refractivity contribution is -0.113. The second-order valence-corrected chi connectivity index (χ2v) is 10.4. The number of hydrogen-bond acceptors (Lipinski definition) is 5. The molecule has 1 aliphatic carbocycles. The Morgan fingerprint density at radius 3 is 2.48 bits per heavy atom. The number of benzene rings is 1. The fraction of sp³-hybridized carbons (Fsp3) is 0.520. The van der Waals surface area contributed by atoms with Gasteiger partial charge in [-0.2, -0.15) is 0 Å².